The van der Waals surface area contributed by atoms with Crippen LogP contribution in [0.1, 0.15) is 51.0 Å². The summed E-state index contributed by atoms with van der Waals surface area (Å²) in [6.07, 6.45) is 4.72. The third kappa shape index (κ3) is 4.19. The lowest BCUT2D eigenvalue weighted by Gasteiger charge is -2.25. The lowest BCUT2D eigenvalue weighted by molar-refractivity contribution is 0.302. The van der Waals surface area contributed by atoms with Crippen LogP contribution in [-0.2, 0) is 6.42 Å². The van der Waals surface area contributed by atoms with Crippen LogP contribution in [0.15, 0.2) is 41.1 Å². The van der Waals surface area contributed by atoms with Crippen molar-refractivity contribution in [2.75, 3.05) is 0 Å². The molecular formula is C16H22N2O. The third-order valence-corrected chi connectivity index (χ3v) is 3.58. The van der Waals surface area contributed by atoms with Gasteiger partial charge in [0.15, 0.2) is 0 Å². The summed E-state index contributed by atoms with van der Waals surface area (Å²) in [6.45, 7) is 6.78. The summed E-state index contributed by atoms with van der Waals surface area (Å²) in [4.78, 5) is 0. The van der Waals surface area contributed by atoms with E-state index in [-0.39, 0.29) is 5.41 Å². The first-order chi connectivity index (χ1) is 9.07. The van der Waals surface area contributed by atoms with Crippen molar-refractivity contribution in [2.24, 2.45) is 5.41 Å². The van der Waals surface area contributed by atoms with Crippen molar-refractivity contribution >= 4 is 0 Å². The SMILES string of the molecule is CC(CCC(C)(C)Cc1ccccc1)c1nnco1. The van der Waals surface area contributed by atoms with Gasteiger partial charge in [0.25, 0.3) is 0 Å². The van der Waals surface area contributed by atoms with Crippen LogP contribution < -0.4 is 0 Å². The van der Waals surface area contributed by atoms with Gasteiger partial charge in [-0.2, -0.15) is 0 Å². The number of hydrogen-bond acceptors (Lipinski definition) is 3. The molecule has 19 heavy (non-hydrogen) atoms. The summed E-state index contributed by atoms with van der Waals surface area (Å²) >= 11 is 0. The number of rotatable bonds is 6. The van der Waals surface area contributed by atoms with Crippen molar-refractivity contribution in [3.8, 4) is 0 Å². The van der Waals surface area contributed by atoms with Gasteiger partial charge in [-0.15, -0.1) is 10.2 Å². The Bertz CT molecular complexity index is 477. The van der Waals surface area contributed by atoms with Gasteiger partial charge in [-0.3, -0.25) is 0 Å². The number of aromatic nitrogens is 2. The highest BCUT2D eigenvalue weighted by Crippen LogP contribution is 2.31. The van der Waals surface area contributed by atoms with Gasteiger partial charge in [0, 0.05) is 5.92 Å². The molecule has 0 N–H and O–H groups in total. The smallest absolute Gasteiger partial charge is 0.219 e. The van der Waals surface area contributed by atoms with E-state index >= 15 is 0 Å². The van der Waals surface area contributed by atoms with E-state index in [4.69, 9.17) is 4.42 Å². The lowest BCUT2D eigenvalue weighted by atomic mass is 9.80. The molecule has 0 aliphatic rings. The molecule has 1 unspecified atom stereocenters. The summed E-state index contributed by atoms with van der Waals surface area (Å²) < 4.78 is 5.26. The monoisotopic (exact) mass is 258 g/mol. The van der Waals surface area contributed by atoms with Crippen molar-refractivity contribution in [2.45, 2.75) is 46.0 Å². The van der Waals surface area contributed by atoms with E-state index in [0.29, 0.717) is 5.92 Å². The largest absolute Gasteiger partial charge is 0.428 e. The Labute approximate surface area is 115 Å². The molecule has 0 spiro atoms. The minimum atomic E-state index is 0.287. The van der Waals surface area contributed by atoms with Gasteiger partial charge in [0.05, 0.1) is 0 Å². The topological polar surface area (TPSA) is 38.9 Å². The molecule has 0 aliphatic carbocycles. The molecule has 102 valence electrons. The average Bonchev–Trinajstić information content (AvgIpc) is 2.91. The number of benzene rings is 1. The molecule has 0 aliphatic heterocycles. The van der Waals surface area contributed by atoms with Gasteiger partial charge >= 0.3 is 0 Å². The van der Waals surface area contributed by atoms with Crippen molar-refractivity contribution < 1.29 is 4.42 Å². The summed E-state index contributed by atoms with van der Waals surface area (Å²) in [6, 6.07) is 10.7. The molecule has 2 rings (SSSR count). The zero-order valence-electron chi connectivity index (χ0n) is 12.0. The van der Waals surface area contributed by atoms with Gasteiger partial charge < -0.3 is 4.42 Å². The Hall–Kier alpha value is -1.64. The maximum atomic E-state index is 5.26. The fourth-order valence-electron chi connectivity index (χ4n) is 2.36. The van der Waals surface area contributed by atoms with Crippen LogP contribution in [0.25, 0.3) is 0 Å². The van der Waals surface area contributed by atoms with Gasteiger partial charge in [-0.1, -0.05) is 51.1 Å². The van der Waals surface area contributed by atoms with Crippen LogP contribution in [0.4, 0.5) is 0 Å². The minimum absolute atomic E-state index is 0.287. The van der Waals surface area contributed by atoms with Crippen LogP contribution in [0.3, 0.4) is 0 Å². The summed E-state index contributed by atoms with van der Waals surface area (Å²) in [5, 5.41) is 7.72. The van der Waals surface area contributed by atoms with E-state index in [2.05, 4.69) is 61.3 Å². The molecule has 1 aromatic carbocycles. The number of hydrogen-bond donors (Lipinski definition) is 0. The first-order valence-corrected chi connectivity index (χ1v) is 6.87. The van der Waals surface area contributed by atoms with Crippen molar-refractivity contribution in [3.63, 3.8) is 0 Å². The quantitative estimate of drug-likeness (QED) is 0.778. The Balaban J connectivity index is 1.87. The van der Waals surface area contributed by atoms with Crippen LogP contribution in [0, 0.1) is 5.41 Å². The third-order valence-electron chi connectivity index (χ3n) is 3.58. The van der Waals surface area contributed by atoms with Gasteiger partial charge in [0.1, 0.15) is 0 Å². The highest BCUT2D eigenvalue weighted by Gasteiger charge is 2.21. The Morgan fingerprint density at radius 2 is 1.95 bits per heavy atom. The molecule has 0 bridgehead atoms. The molecule has 0 radical (unpaired) electrons. The molecule has 1 heterocycles. The maximum Gasteiger partial charge on any atom is 0.219 e. The van der Waals surface area contributed by atoms with Gasteiger partial charge in [-0.25, -0.2) is 0 Å². The van der Waals surface area contributed by atoms with E-state index in [9.17, 15) is 0 Å². The first-order valence-electron chi connectivity index (χ1n) is 6.87. The summed E-state index contributed by atoms with van der Waals surface area (Å²) in [7, 11) is 0. The van der Waals surface area contributed by atoms with Crippen molar-refractivity contribution in [1.29, 1.82) is 0 Å². The fourth-order valence-corrected chi connectivity index (χ4v) is 2.36. The predicted molar refractivity (Wildman–Crippen MR) is 75.9 cm³/mol. The predicted octanol–water partition coefficient (Wildman–Crippen LogP) is 4.22. The first kappa shape index (κ1) is 13.8. The van der Waals surface area contributed by atoms with Crippen LogP contribution >= 0.6 is 0 Å². The second-order valence-corrected chi connectivity index (χ2v) is 6.04. The van der Waals surface area contributed by atoms with E-state index in [1.54, 1.807) is 0 Å². The van der Waals surface area contributed by atoms with Crippen molar-refractivity contribution in [1.82, 2.24) is 10.2 Å². The normalized spacial score (nSPS) is 13.4. The van der Waals surface area contributed by atoms with E-state index in [0.717, 1.165) is 25.2 Å². The number of nitrogens with zero attached hydrogens (tertiary/aromatic N) is 2. The Morgan fingerprint density at radius 1 is 1.21 bits per heavy atom. The highest BCUT2D eigenvalue weighted by atomic mass is 16.4. The van der Waals surface area contributed by atoms with Gasteiger partial charge in [-0.05, 0) is 30.2 Å². The Morgan fingerprint density at radius 3 is 2.58 bits per heavy atom. The molecule has 2 aromatic rings. The molecule has 3 heteroatoms. The Kier molecular flexibility index (Phi) is 4.35. The van der Waals surface area contributed by atoms with Crippen LogP contribution in [-0.4, -0.2) is 10.2 Å². The highest BCUT2D eigenvalue weighted by molar-refractivity contribution is 5.16. The van der Waals surface area contributed by atoms with Crippen LogP contribution in [0.5, 0.6) is 0 Å². The minimum Gasteiger partial charge on any atom is -0.428 e. The second kappa shape index (κ2) is 6.00. The van der Waals surface area contributed by atoms with E-state index < -0.39 is 0 Å². The lowest BCUT2D eigenvalue weighted by Crippen LogP contribution is -2.16. The summed E-state index contributed by atoms with van der Waals surface area (Å²) in [5.41, 5.74) is 1.69. The fraction of sp³-hybridized carbons (Fsp3) is 0.500. The standard InChI is InChI=1S/C16H22N2O/c1-13(15-18-17-12-19-15)9-10-16(2,3)11-14-7-5-4-6-8-14/h4-8,12-13H,9-11H2,1-3H3. The molecule has 0 saturated heterocycles. The maximum absolute atomic E-state index is 5.26. The second-order valence-electron chi connectivity index (χ2n) is 6.04. The molecule has 0 fully saturated rings. The molecule has 1 aromatic heterocycles. The zero-order valence-corrected chi connectivity index (χ0v) is 12.0. The molecular weight excluding hydrogens is 236 g/mol. The van der Waals surface area contributed by atoms with E-state index in [1.165, 1.54) is 12.0 Å². The molecule has 0 saturated carbocycles. The summed E-state index contributed by atoms with van der Waals surface area (Å²) in [5.74, 6) is 1.08. The van der Waals surface area contributed by atoms with E-state index in [1.807, 2.05) is 0 Å². The molecule has 3 nitrogen and oxygen atoms in total. The molecule has 0 amide bonds. The van der Waals surface area contributed by atoms with Crippen molar-refractivity contribution in [3.05, 3.63) is 48.2 Å². The van der Waals surface area contributed by atoms with Gasteiger partial charge in [0.2, 0.25) is 12.3 Å². The van der Waals surface area contributed by atoms with Crippen LogP contribution in [0.2, 0.25) is 0 Å². The zero-order chi connectivity index (χ0) is 13.7. The average molecular weight is 258 g/mol. The molecule has 1 atom stereocenters.